The Labute approximate surface area is 195 Å². The summed E-state index contributed by atoms with van der Waals surface area (Å²) in [5, 5.41) is 12.4. The molecule has 33 heavy (non-hydrogen) atoms. The highest BCUT2D eigenvalue weighted by Gasteiger charge is 2.12. The normalized spacial score (nSPS) is 12.1. The Morgan fingerprint density at radius 3 is 2.30 bits per heavy atom. The van der Waals surface area contributed by atoms with Gasteiger partial charge in [-0.15, -0.1) is 0 Å². The van der Waals surface area contributed by atoms with E-state index in [1.165, 1.54) is 0 Å². The van der Waals surface area contributed by atoms with Crippen molar-refractivity contribution >= 4 is 29.4 Å². The lowest BCUT2D eigenvalue weighted by atomic mass is 10.0. The highest BCUT2D eigenvalue weighted by atomic mass is 35.5. The molecule has 9 heteroatoms. The van der Waals surface area contributed by atoms with Crippen molar-refractivity contribution in [2.24, 2.45) is 16.5 Å². The van der Waals surface area contributed by atoms with Crippen molar-refractivity contribution in [3.63, 3.8) is 0 Å². The zero-order valence-electron chi connectivity index (χ0n) is 17.6. The quantitative estimate of drug-likeness (QED) is 0.295. The van der Waals surface area contributed by atoms with Gasteiger partial charge in [-0.1, -0.05) is 41.9 Å². The number of halogens is 1. The fourth-order valence-electron chi connectivity index (χ4n) is 2.87. The van der Waals surface area contributed by atoms with Crippen LogP contribution in [-0.2, 0) is 17.8 Å². The molecule has 0 saturated heterocycles. The van der Waals surface area contributed by atoms with Gasteiger partial charge < -0.3 is 26.6 Å². The zero-order chi connectivity index (χ0) is 23.8. The minimum Gasteiger partial charge on any atom is -0.480 e. The Kier molecular flexibility index (Phi) is 8.01. The number of ether oxygens (including phenoxy) is 1. The van der Waals surface area contributed by atoms with Gasteiger partial charge in [0.15, 0.2) is 5.96 Å². The Balaban J connectivity index is 1.52. The molecule has 0 aliphatic heterocycles. The summed E-state index contributed by atoms with van der Waals surface area (Å²) in [6.45, 7) is 0.367. The van der Waals surface area contributed by atoms with Crippen LogP contribution in [0.3, 0.4) is 0 Å². The third-order valence-electron chi connectivity index (χ3n) is 4.62. The topological polar surface area (TPSA) is 140 Å². The molecule has 1 atom stereocenters. The molecule has 0 unspecified atom stereocenters. The van der Waals surface area contributed by atoms with Gasteiger partial charge in [0, 0.05) is 17.1 Å². The lowest BCUT2D eigenvalue weighted by molar-refractivity contribution is -0.138. The van der Waals surface area contributed by atoms with E-state index in [-0.39, 0.29) is 12.4 Å². The number of carboxylic acids is 1. The van der Waals surface area contributed by atoms with E-state index in [0.717, 1.165) is 5.56 Å². The summed E-state index contributed by atoms with van der Waals surface area (Å²) in [5.74, 6) is -0.316. The number of rotatable bonds is 8. The van der Waals surface area contributed by atoms with Crippen molar-refractivity contribution in [2.45, 2.75) is 19.0 Å². The first kappa shape index (κ1) is 23.8. The van der Waals surface area contributed by atoms with Crippen LogP contribution in [0.25, 0.3) is 0 Å². The van der Waals surface area contributed by atoms with Crippen molar-refractivity contribution in [1.82, 2.24) is 5.32 Å². The van der Waals surface area contributed by atoms with Crippen molar-refractivity contribution in [1.29, 1.82) is 0 Å². The number of nitrogens with two attached hydrogens (primary N) is 2. The van der Waals surface area contributed by atoms with Crippen LogP contribution in [0, 0.1) is 0 Å². The molecule has 0 spiro atoms. The molecule has 0 aliphatic carbocycles. The number of hydrogen-bond donors (Lipinski definition) is 4. The van der Waals surface area contributed by atoms with Gasteiger partial charge in [-0.2, -0.15) is 4.99 Å². The number of aliphatic carboxylic acids is 1. The molecule has 1 amide bonds. The Morgan fingerprint density at radius 2 is 1.67 bits per heavy atom. The molecule has 3 rings (SSSR count). The second-order valence-electron chi connectivity index (χ2n) is 7.20. The standard InChI is InChI=1S/C24H23ClN4O4/c25-18-2-1-3-20(13-18)33-19-10-6-16(7-11-19)14-28-24(27)29-22(30)17-8-4-15(5-9-17)12-21(26)23(31)32/h1-11,13,21H,12,14,26H2,(H,31,32)(H3,27,28,29,30)/t21-/m0/s1. The number of carbonyl (C=O) groups is 2. The fraction of sp³-hybridized carbons (Fsp3) is 0.125. The lowest BCUT2D eigenvalue weighted by Gasteiger charge is -2.09. The van der Waals surface area contributed by atoms with Crippen molar-refractivity contribution in [3.05, 3.63) is 94.5 Å². The van der Waals surface area contributed by atoms with Crippen LogP contribution in [0.15, 0.2) is 77.8 Å². The monoisotopic (exact) mass is 466 g/mol. The second-order valence-corrected chi connectivity index (χ2v) is 7.64. The van der Waals surface area contributed by atoms with Gasteiger partial charge in [0.1, 0.15) is 17.5 Å². The molecule has 170 valence electrons. The van der Waals surface area contributed by atoms with Crippen LogP contribution < -0.4 is 21.5 Å². The molecule has 0 fully saturated rings. The molecule has 0 heterocycles. The predicted octanol–water partition coefficient (Wildman–Crippen LogP) is 3.33. The average Bonchev–Trinajstić information content (AvgIpc) is 2.79. The number of aliphatic imine (C=N–C) groups is 1. The van der Waals surface area contributed by atoms with Gasteiger partial charge in [0.05, 0.1) is 0 Å². The minimum atomic E-state index is -1.08. The van der Waals surface area contributed by atoms with Gasteiger partial charge in [0.2, 0.25) is 0 Å². The number of amides is 1. The third-order valence-corrected chi connectivity index (χ3v) is 4.86. The minimum absolute atomic E-state index is 0.0174. The molecule has 0 saturated carbocycles. The summed E-state index contributed by atoms with van der Waals surface area (Å²) in [6.07, 6.45) is 0.166. The molecule has 6 N–H and O–H groups in total. The first-order valence-electron chi connectivity index (χ1n) is 10.0. The number of carboxylic acid groups (broad SMARTS) is 1. The van der Waals surface area contributed by atoms with E-state index in [1.54, 1.807) is 36.4 Å². The first-order valence-corrected chi connectivity index (χ1v) is 10.4. The summed E-state index contributed by atoms with van der Waals surface area (Å²) >= 11 is 5.96. The number of nitrogens with zero attached hydrogens (tertiary/aromatic N) is 1. The highest BCUT2D eigenvalue weighted by molar-refractivity contribution is 6.30. The highest BCUT2D eigenvalue weighted by Crippen LogP contribution is 2.24. The summed E-state index contributed by atoms with van der Waals surface area (Å²) < 4.78 is 5.75. The smallest absolute Gasteiger partial charge is 0.320 e. The van der Waals surface area contributed by atoms with E-state index in [9.17, 15) is 9.59 Å². The number of nitrogens with one attached hydrogen (secondary N) is 1. The zero-order valence-corrected chi connectivity index (χ0v) is 18.3. The van der Waals surface area contributed by atoms with Gasteiger partial charge in [-0.25, -0.2) is 0 Å². The largest absolute Gasteiger partial charge is 0.480 e. The molecule has 0 radical (unpaired) electrons. The molecule has 0 aliphatic rings. The van der Waals surface area contributed by atoms with E-state index < -0.39 is 17.9 Å². The fourth-order valence-corrected chi connectivity index (χ4v) is 3.05. The number of hydrogen-bond acceptors (Lipinski definition) is 4. The Bertz CT molecular complexity index is 1150. The Hall–Kier alpha value is -3.88. The lowest BCUT2D eigenvalue weighted by Crippen LogP contribution is -2.32. The molecule has 3 aromatic carbocycles. The van der Waals surface area contributed by atoms with Crippen LogP contribution in [0.2, 0.25) is 5.02 Å². The number of carbonyl (C=O) groups excluding carboxylic acids is 1. The predicted molar refractivity (Wildman–Crippen MR) is 127 cm³/mol. The average molecular weight is 467 g/mol. The summed E-state index contributed by atoms with van der Waals surface area (Å²) in [5.41, 5.74) is 13.3. The van der Waals surface area contributed by atoms with Crippen LogP contribution >= 0.6 is 11.6 Å². The van der Waals surface area contributed by atoms with Crippen molar-refractivity contribution in [2.75, 3.05) is 0 Å². The summed E-state index contributed by atoms with van der Waals surface area (Å²) in [4.78, 5) is 27.0. The third kappa shape index (κ3) is 7.34. The van der Waals surface area contributed by atoms with E-state index in [0.29, 0.717) is 34.2 Å². The maximum atomic E-state index is 12.3. The van der Waals surface area contributed by atoms with E-state index >= 15 is 0 Å². The first-order chi connectivity index (χ1) is 15.8. The van der Waals surface area contributed by atoms with Crippen LogP contribution in [0.1, 0.15) is 21.5 Å². The molecule has 3 aromatic rings. The van der Waals surface area contributed by atoms with E-state index in [1.807, 2.05) is 36.4 Å². The van der Waals surface area contributed by atoms with E-state index in [2.05, 4.69) is 10.3 Å². The van der Waals surface area contributed by atoms with Gasteiger partial charge in [-0.05, 0) is 60.0 Å². The van der Waals surface area contributed by atoms with Crippen LogP contribution in [0.5, 0.6) is 11.5 Å². The van der Waals surface area contributed by atoms with Gasteiger partial charge in [0.25, 0.3) is 5.91 Å². The Morgan fingerprint density at radius 1 is 1.00 bits per heavy atom. The molecule has 0 aromatic heterocycles. The molecular weight excluding hydrogens is 444 g/mol. The molecule has 0 bridgehead atoms. The maximum absolute atomic E-state index is 12.3. The van der Waals surface area contributed by atoms with Crippen LogP contribution in [-0.4, -0.2) is 29.0 Å². The number of guanidine groups is 1. The van der Waals surface area contributed by atoms with E-state index in [4.69, 9.17) is 32.9 Å². The van der Waals surface area contributed by atoms with Gasteiger partial charge in [-0.3, -0.25) is 9.59 Å². The SMILES string of the molecule is N/C(=N\C(=O)c1ccc(C[C@H](N)C(=O)O)cc1)NCc1ccc(Oc2cccc(Cl)c2)cc1. The number of benzene rings is 3. The summed E-state index contributed by atoms with van der Waals surface area (Å²) in [7, 11) is 0. The summed E-state index contributed by atoms with van der Waals surface area (Å²) in [6, 6.07) is 19.9. The second kappa shape index (κ2) is 11.1. The molecule has 8 nitrogen and oxygen atoms in total. The molecular formula is C24H23ClN4O4. The van der Waals surface area contributed by atoms with Crippen LogP contribution in [0.4, 0.5) is 0 Å². The van der Waals surface area contributed by atoms with Crippen molar-refractivity contribution < 1.29 is 19.4 Å². The van der Waals surface area contributed by atoms with Crippen molar-refractivity contribution in [3.8, 4) is 11.5 Å². The van der Waals surface area contributed by atoms with Gasteiger partial charge >= 0.3 is 5.97 Å². The maximum Gasteiger partial charge on any atom is 0.320 e.